The molecule has 0 aliphatic rings. The van der Waals surface area contributed by atoms with E-state index < -0.39 is 11.6 Å². The summed E-state index contributed by atoms with van der Waals surface area (Å²) in [6, 6.07) is 0. The smallest absolute Gasteiger partial charge is 0.181 e. The highest BCUT2D eigenvalue weighted by atomic mass is 79.9. The maximum atomic E-state index is 13.1. The van der Waals surface area contributed by atoms with Gasteiger partial charge in [-0.15, -0.1) is 0 Å². The second-order valence-electron chi connectivity index (χ2n) is 2.49. The molecule has 74 valence electrons. The van der Waals surface area contributed by atoms with E-state index in [1.807, 2.05) is 0 Å². The first-order chi connectivity index (χ1) is 6.52. The van der Waals surface area contributed by atoms with Crippen LogP contribution in [0, 0.1) is 11.6 Å². The second-order valence-corrected chi connectivity index (χ2v) is 4.69. The van der Waals surface area contributed by atoms with Gasteiger partial charge in [-0.05, 0) is 15.9 Å². The Morgan fingerprint density at radius 3 is 2.64 bits per heavy atom. The largest absolute Gasteiger partial charge is 0.375 e. The monoisotopic (exact) mass is 298 g/mol. The van der Waals surface area contributed by atoms with Crippen LogP contribution >= 0.6 is 38.9 Å². The third-order valence-corrected chi connectivity index (χ3v) is 3.72. The lowest BCUT2D eigenvalue weighted by Crippen LogP contribution is -1.89. The number of fused-ring (bicyclic) bond motifs is 1. The molecule has 1 heterocycles. The number of hydrogen-bond donors (Lipinski definition) is 1. The number of rotatable bonds is 0. The minimum Gasteiger partial charge on any atom is -0.375 e. The van der Waals surface area contributed by atoms with Gasteiger partial charge in [-0.3, -0.25) is 0 Å². The summed E-state index contributed by atoms with van der Waals surface area (Å²) in [5, 5.41) is -0.0671. The summed E-state index contributed by atoms with van der Waals surface area (Å²) >= 11 is 9.50. The lowest BCUT2D eigenvalue weighted by atomic mass is 10.3. The van der Waals surface area contributed by atoms with Crippen molar-refractivity contribution >= 4 is 54.2 Å². The predicted octanol–water partition coefficient (Wildman–Crippen LogP) is 3.57. The predicted molar refractivity (Wildman–Crippen MR) is 56.7 cm³/mol. The van der Waals surface area contributed by atoms with Crippen LogP contribution < -0.4 is 5.73 Å². The molecule has 1 aromatic carbocycles. The first-order valence-electron chi connectivity index (χ1n) is 3.40. The second kappa shape index (κ2) is 3.29. The number of halogens is 4. The number of nitrogens with zero attached hydrogens (tertiary/aromatic N) is 1. The van der Waals surface area contributed by atoms with Crippen LogP contribution in [0.2, 0.25) is 5.02 Å². The van der Waals surface area contributed by atoms with E-state index in [2.05, 4.69) is 20.9 Å². The van der Waals surface area contributed by atoms with Gasteiger partial charge in [0.1, 0.15) is 5.52 Å². The Morgan fingerprint density at radius 1 is 1.36 bits per heavy atom. The van der Waals surface area contributed by atoms with E-state index in [1.165, 1.54) is 0 Å². The van der Waals surface area contributed by atoms with Crippen molar-refractivity contribution in [2.75, 3.05) is 5.73 Å². The molecule has 2 N–H and O–H groups in total. The van der Waals surface area contributed by atoms with E-state index in [9.17, 15) is 8.78 Å². The Bertz CT molecular complexity index is 483. The van der Waals surface area contributed by atoms with Crippen LogP contribution in [0.5, 0.6) is 0 Å². The lowest BCUT2D eigenvalue weighted by Gasteiger charge is -1.99. The lowest BCUT2D eigenvalue weighted by molar-refractivity contribution is 0.507. The number of hydrogen-bond acceptors (Lipinski definition) is 3. The van der Waals surface area contributed by atoms with Gasteiger partial charge < -0.3 is 5.73 Å². The van der Waals surface area contributed by atoms with E-state index in [0.29, 0.717) is 4.70 Å². The number of anilines is 1. The van der Waals surface area contributed by atoms with Crippen LogP contribution in [0.4, 0.5) is 13.9 Å². The maximum absolute atomic E-state index is 13.1. The molecule has 0 aliphatic heterocycles. The fourth-order valence-electron chi connectivity index (χ4n) is 1.03. The average molecular weight is 300 g/mol. The van der Waals surface area contributed by atoms with Gasteiger partial charge in [-0.1, -0.05) is 22.9 Å². The molecule has 2 nitrogen and oxygen atoms in total. The van der Waals surface area contributed by atoms with E-state index >= 15 is 0 Å². The van der Waals surface area contributed by atoms with Crippen LogP contribution in [0.25, 0.3) is 10.2 Å². The van der Waals surface area contributed by atoms with Gasteiger partial charge in [0.15, 0.2) is 16.8 Å². The van der Waals surface area contributed by atoms with Gasteiger partial charge in [-0.2, -0.15) is 0 Å². The summed E-state index contributed by atoms with van der Waals surface area (Å²) in [6.45, 7) is 0. The molecule has 0 amide bonds. The molecule has 2 rings (SSSR count). The Kier molecular flexibility index (Phi) is 2.36. The van der Waals surface area contributed by atoms with Crippen molar-refractivity contribution in [1.82, 2.24) is 4.98 Å². The molecule has 0 aliphatic carbocycles. The SMILES string of the molecule is Nc1nc2c(Br)c(F)c(F)c(Cl)c2s1. The highest BCUT2D eigenvalue weighted by molar-refractivity contribution is 9.10. The first-order valence-corrected chi connectivity index (χ1v) is 5.39. The molecule has 1 aromatic heterocycles. The molecule has 0 radical (unpaired) electrons. The van der Waals surface area contributed by atoms with Gasteiger partial charge in [0.05, 0.1) is 14.2 Å². The van der Waals surface area contributed by atoms with Crippen molar-refractivity contribution in [3.8, 4) is 0 Å². The summed E-state index contributed by atoms with van der Waals surface area (Å²) in [5.74, 6) is -2.14. The van der Waals surface area contributed by atoms with Crippen LogP contribution in [-0.2, 0) is 0 Å². The van der Waals surface area contributed by atoms with Crippen LogP contribution in [0.1, 0.15) is 0 Å². The van der Waals surface area contributed by atoms with Gasteiger partial charge in [0, 0.05) is 0 Å². The molecule has 0 saturated heterocycles. The molecule has 0 unspecified atom stereocenters. The molecule has 0 bridgehead atoms. The van der Waals surface area contributed by atoms with Gasteiger partial charge in [0.2, 0.25) is 0 Å². The van der Waals surface area contributed by atoms with E-state index in [0.717, 1.165) is 11.3 Å². The van der Waals surface area contributed by atoms with Crippen LogP contribution in [0.15, 0.2) is 4.47 Å². The highest BCUT2D eigenvalue weighted by Gasteiger charge is 2.20. The van der Waals surface area contributed by atoms with Crippen molar-refractivity contribution in [2.45, 2.75) is 0 Å². The fraction of sp³-hybridized carbons (Fsp3) is 0. The Balaban J connectivity index is 3.01. The van der Waals surface area contributed by atoms with Crippen molar-refractivity contribution in [1.29, 1.82) is 0 Å². The summed E-state index contributed by atoms with van der Waals surface area (Å²) in [6.07, 6.45) is 0. The number of thiazole rings is 1. The minimum absolute atomic E-state index is 0.0534. The van der Waals surface area contributed by atoms with E-state index in [1.54, 1.807) is 0 Å². The summed E-state index contributed by atoms with van der Waals surface area (Å²) in [4.78, 5) is 3.83. The molecular formula is C7H2BrClF2N2S. The molecule has 7 heteroatoms. The standard InChI is InChI=1S/C7H2BrClF2N2S/c8-1-3(10)4(11)2(9)6-5(1)13-7(12)14-6/h(H2,12,13). The van der Waals surface area contributed by atoms with Gasteiger partial charge in [0.25, 0.3) is 0 Å². The van der Waals surface area contributed by atoms with Gasteiger partial charge in [-0.25, -0.2) is 13.8 Å². The topological polar surface area (TPSA) is 38.9 Å². The Labute approximate surface area is 94.8 Å². The molecule has 14 heavy (non-hydrogen) atoms. The molecular weight excluding hydrogens is 298 g/mol. The van der Waals surface area contributed by atoms with Gasteiger partial charge >= 0.3 is 0 Å². The number of nitrogen functional groups attached to an aromatic ring is 1. The average Bonchev–Trinajstić information content (AvgIpc) is 2.54. The zero-order chi connectivity index (χ0) is 10.5. The zero-order valence-corrected chi connectivity index (χ0v) is 9.60. The number of nitrogens with two attached hydrogens (primary N) is 1. The van der Waals surface area contributed by atoms with E-state index in [-0.39, 0.29) is 20.1 Å². The quantitative estimate of drug-likeness (QED) is 0.596. The third-order valence-electron chi connectivity index (χ3n) is 1.63. The fourth-order valence-corrected chi connectivity index (χ4v) is 2.68. The van der Waals surface area contributed by atoms with Crippen LogP contribution in [-0.4, -0.2) is 4.98 Å². The van der Waals surface area contributed by atoms with Crippen molar-refractivity contribution in [2.24, 2.45) is 0 Å². The summed E-state index contributed by atoms with van der Waals surface area (Å²) < 4.78 is 26.6. The summed E-state index contributed by atoms with van der Waals surface area (Å²) in [7, 11) is 0. The van der Waals surface area contributed by atoms with Crippen molar-refractivity contribution < 1.29 is 8.78 Å². The van der Waals surface area contributed by atoms with Crippen molar-refractivity contribution in [3.05, 3.63) is 21.1 Å². The Morgan fingerprint density at radius 2 is 2.00 bits per heavy atom. The van der Waals surface area contributed by atoms with Crippen molar-refractivity contribution in [3.63, 3.8) is 0 Å². The molecule has 0 atom stereocenters. The Hall–Kier alpha value is -0.460. The number of benzene rings is 1. The van der Waals surface area contributed by atoms with E-state index in [4.69, 9.17) is 17.3 Å². The first kappa shape index (κ1) is 10.1. The zero-order valence-electron chi connectivity index (χ0n) is 6.44. The maximum Gasteiger partial charge on any atom is 0.181 e. The highest BCUT2D eigenvalue weighted by Crippen LogP contribution is 2.38. The molecule has 2 aromatic rings. The number of aromatic nitrogens is 1. The minimum atomic E-state index is -1.09. The molecule has 0 saturated carbocycles. The molecule has 0 fully saturated rings. The third kappa shape index (κ3) is 1.29. The van der Waals surface area contributed by atoms with Crippen LogP contribution in [0.3, 0.4) is 0 Å². The molecule has 0 spiro atoms. The normalized spacial score (nSPS) is 11.1. The summed E-state index contributed by atoms with van der Waals surface area (Å²) in [5.41, 5.74) is 5.66.